The summed E-state index contributed by atoms with van der Waals surface area (Å²) in [5.41, 5.74) is 57.4. The zero-order valence-corrected chi connectivity index (χ0v) is 70.1. The van der Waals surface area contributed by atoms with Crippen molar-refractivity contribution in [2.75, 3.05) is 0 Å². The largest absolute Gasteiger partial charge is 0.508 e. The van der Waals surface area contributed by atoms with Crippen LogP contribution in [0, 0.1) is 0 Å². The second-order valence-corrected chi connectivity index (χ2v) is 28.9. The van der Waals surface area contributed by atoms with Gasteiger partial charge in [0.1, 0.15) is 11.5 Å². The third-order valence-electron chi connectivity index (χ3n) is 21.0. The molecule has 0 saturated carbocycles. The van der Waals surface area contributed by atoms with Crippen LogP contribution in [-0.2, 0) is 110 Å². The van der Waals surface area contributed by atoms with Crippen molar-refractivity contribution in [1.82, 2.24) is 0 Å². The van der Waals surface area contributed by atoms with Crippen LogP contribution >= 0.6 is 0 Å². The van der Waals surface area contributed by atoms with E-state index in [1.165, 1.54) is 190 Å². The summed E-state index contributed by atoms with van der Waals surface area (Å²) >= 11 is 0. The summed E-state index contributed by atoms with van der Waals surface area (Å²) in [6, 6.07) is 36.9. The minimum absolute atomic E-state index is 0. The Morgan fingerprint density at radius 1 is 0.240 bits per heavy atom. The van der Waals surface area contributed by atoms with Crippen LogP contribution in [-0.4, -0.2) is 19.6 Å². The Balaban J connectivity index is 0.000000449. The molecule has 104 heavy (non-hydrogen) atoms. The molecule has 576 valence electrons. The summed E-state index contributed by atoms with van der Waals surface area (Å²) < 4.78 is 3.30. The molecule has 0 bridgehead atoms. The number of benzene rings is 6. The van der Waals surface area contributed by atoms with Crippen LogP contribution in [0.25, 0.3) is 33.9 Å². The molecule has 2 aliphatic rings. The fourth-order valence-corrected chi connectivity index (χ4v) is 16.0. The molecular weight excluding hydrogens is 1360 g/mol. The minimum atomic E-state index is 0. The van der Waals surface area contributed by atoms with Gasteiger partial charge in [-0.1, -0.05) is 250 Å². The van der Waals surface area contributed by atoms with Crippen molar-refractivity contribution in [3.63, 3.8) is 0 Å². The molecule has 2 heterocycles. The van der Waals surface area contributed by atoms with E-state index in [1.807, 2.05) is 12.1 Å². The van der Waals surface area contributed by atoms with Gasteiger partial charge in [0.25, 0.3) is 0 Å². The molecule has 0 amide bonds. The van der Waals surface area contributed by atoms with Gasteiger partial charge < -0.3 is 21.3 Å². The van der Waals surface area contributed by atoms with Gasteiger partial charge in [-0.2, -0.15) is 0 Å². The second-order valence-electron chi connectivity index (χ2n) is 28.9. The minimum Gasteiger partial charge on any atom is -0.508 e. The van der Waals surface area contributed by atoms with Gasteiger partial charge in [0, 0.05) is 77.5 Å². The van der Waals surface area contributed by atoms with Crippen molar-refractivity contribution >= 4 is 22.8 Å². The number of hydrogen-bond donors (Lipinski definition) is 2. The second kappa shape index (κ2) is 51.4. The molecule has 0 aliphatic carbocycles. The Bertz CT molecular complexity index is 3440. The van der Waals surface area contributed by atoms with Crippen LogP contribution < -0.4 is 0 Å². The van der Waals surface area contributed by atoms with Gasteiger partial charge in [-0.05, 0) is 268 Å². The van der Waals surface area contributed by atoms with E-state index in [9.17, 15) is 11.1 Å². The topological polar surface area (TPSA) is 91.1 Å². The molecule has 8 heteroatoms. The van der Waals surface area contributed by atoms with Crippen LogP contribution in [0.4, 0.5) is 0 Å². The van der Waals surface area contributed by atoms with E-state index in [1.54, 1.807) is 69.1 Å². The Kier molecular flexibility index (Phi) is 45.6. The normalized spacial score (nSPS) is 12.7. The Hall–Kier alpha value is -5.93. The number of hydrogen-bond acceptors (Lipinski definition) is 2. The van der Waals surface area contributed by atoms with E-state index in [2.05, 4.69) is 159 Å². The van der Waals surface area contributed by atoms with Gasteiger partial charge in [-0.3, -0.25) is 0 Å². The smallest absolute Gasteiger partial charge is 0.211 e. The van der Waals surface area contributed by atoms with Crippen molar-refractivity contribution in [1.29, 1.82) is 0 Å². The molecule has 6 nitrogen and oxygen atoms in total. The Labute approximate surface area is 655 Å². The van der Waals surface area contributed by atoms with E-state index < -0.39 is 0 Å². The van der Waals surface area contributed by atoms with Crippen molar-refractivity contribution in [3.8, 4) is 11.5 Å². The first-order valence-electron chi connectivity index (χ1n) is 41.7. The molecule has 2 aliphatic heterocycles. The fraction of sp³-hybridized carbons (Fsp3) is 0.542. The summed E-state index contributed by atoms with van der Waals surface area (Å²) in [6.45, 7) is 36.7. The van der Waals surface area contributed by atoms with Gasteiger partial charge in [0.15, 0.2) is 0 Å². The number of phenols is 2. The maximum Gasteiger partial charge on any atom is 0.211 e. The van der Waals surface area contributed by atoms with E-state index in [0.717, 1.165) is 164 Å². The molecule has 0 fully saturated rings. The van der Waals surface area contributed by atoms with Crippen LogP contribution in [0.3, 0.4) is 0 Å². The number of phenolic OH excluding ortho intramolecular Hbond substituents is 2. The molecule has 0 saturated heterocycles. The summed E-state index contributed by atoms with van der Waals surface area (Å²) in [5, 5.41) is 17.3. The number of allylic oxidation sites excluding steroid dienone is 4. The molecule has 0 radical (unpaired) electrons. The molecule has 0 aromatic heterocycles. The predicted molar refractivity (Wildman–Crippen MR) is 443 cm³/mol. The molecule has 6 aromatic rings. The SMILES string of the molecule is CCCCCCC1=C(c2cc(CC)c(CC)c(CC)c2)[N+](=[N-])C(c2cc(CC)c(CC)c(CC)c2)=C1CCCC.CCCCCCC1=C(c2cc(CCC)c(CCC)c(CCC)c2)[N+](=[N-])C(c2cc(CCC)c(CCC)c(CCC)c2)=C1CCCCCC.Oc1ccccc1.Oc1ccccc1.[Ni].[Ni]. The average molecular weight is 1500 g/mol. The third-order valence-corrected chi connectivity index (χ3v) is 21.0. The van der Waals surface area contributed by atoms with Crippen molar-refractivity contribution < 1.29 is 52.6 Å². The summed E-state index contributed by atoms with van der Waals surface area (Å²) in [4.78, 5) is 0. The molecule has 6 aromatic carbocycles. The molecule has 0 spiro atoms. The third kappa shape index (κ3) is 26.2. The van der Waals surface area contributed by atoms with Crippen LogP contribution in [0.15, 0.2) is 131 Å². The van der Waals surface area contributed by atoms with Crippen LogP contribution in [0.2, 0.25) is 0 Å². The maximum atomic E-state index is 12.6. The van der Waals surface area contributed by atoms with Gasteiger partial charge >= 0.3 is 0 Å². The first-order valence-corrected chi connectivity index (χ1v) is 41.7. The van der Waals surface area contributed by atoms with E-state index in [0.29, 0.717) is 11.5 Å². The van der Waals surface area contributed by atoms with Gasteiger partial charge in [0.05, 0.1) is 0 Å². The summed E-state index contributed by atoms with van der Waals surface area (Å²) in [7, 11) is 0. The number of aromatic hydroxyl groups is 2. The molecule has 2 N–H and O–H groups in total. The average Bonchev–Trinajstić information content (AvgIpc) is 1.59. The van der Waals surface area contributed by atoms with Crippen LogP contribution in [0.5, 0.6) is 11.5 Å². The van der Waals surface area contributed by atoms with E-state index in [-0.39, 0.29) is 33.0 Å². The summed E-state index contributed by atoms with van der Waals surface area (Å²) in [6.07, 6.45) is 41.1. The van der Waals surface area contributed by atoms with Crippen LogP contribution in [0.1, 0.15) is 354 Å². The molecule has 0 unspecified atom stereocenters. The summed E-state index contributed by atoms with van der Waals surface area (Å²) in [5.74, 6) is 0.644. The fourth-order valence-electron chi connectivity index (χ4n) is 16.0. The standard InChI is InChI=1S/C46H72N2.C38H56N2.2C6H6O.2Ni/c1-9-17-19-21-29-43-44(30-22-20-18-10-2)46(40-33-37(25-13-5)42(28-16-8)38(34-40)26-14-6)48(47)45(43)39-31-35(23-11-3)41(27-15-7)36(32-39)24-12-4;1-9-17-19-20-22-36-35(21-18-10-2)37(31-23-27(11-3)33(15-7)28(12-4)24-31)40(39)38(36)32-25-29(13-5)34(16-8)30(14-6)26-32;2*7-6-4-2-1-3-5-6;;/h31-34H,9-30H2,1-8H3;23-26H,9-22H2,1-8H3;2*1-5,7H;;. The first-order chi connectivity index (χ1) is 49.7. The molecule has 0 atom stereocenters. The number of unbranched alkanes of at least 4 members (excludes halogenated alkanes) is 10. The van der Waals surface area contributed by atoms with E-state index in [4.69, 9.17) is 10.2 Å². The zero-order valence-electron chi connectivity index (χ0n) is 68.2. The Morgan fingerprint density at radius 2 is 0.471 bits per heavy atom. The number of para-hydroxylation sites is 2. The van der Waals surface area contributed by atoms with E-state index >= 15 is 0 Å². The number of aryl methyl sites for hydroxylation is 8. The molecule has 8 rings (SSSR count). The predicted octanol–water partition coefficient (Wildman–Crippen LogP) is 28.7. The Morgan fingerprint density at radius 3 is 0.663 bits per heavy atom. The van der Waals surface area contributed by atoms with Gasteiger partial charge in [-0.25, -0.2) is 9.39 Å². The number of nitrogens with zero attached hydrogens (tertiary/aromatic N) is 4. The monoisotopic (exact) mass is 1500 g/mol. The van der Waals surface area contributed by atoms with Crippen molar-refractivity contribution in [3.05, 3.63) is 232 Å². The zero-order chi connectivity index (χ0) is 74.3. The number of rotatable bonds is 40. The quantitative estimate of drug-likeness (QED) is 0.0228. The first kappa shape index (κ1) is 92.3. The maximum absolute atomic E-state index is 12.6. The van der Waals surface area contributed by atoms with Gasteiger partial charge in [-0.15, -0.1) is 0 Å². The molecular formula is C96H140N4Ni2O2. The van der Waals surface area contributed by atoms with Crippen molar-refractivity contribution in [2.24, 2.45) is 0 Å². The van der Waals surface area contributed by atoms with Gasteiger partial charge in [0.2, 0.25) is 22.8 Å². The van der Waals surface area contributed by atoms with Crippen molar-refractivity contribution in [2.45, 2.75) is 342 Å².